The van der Waals surface area contributed by atoms with Crippen LogP contribution in [0.4, 0.5) is 0 Å². The summed E-state index contributed by atoms with van der Waals surface area (Å²) in [7, 11) is 1.50. The molecule has 1 heterocycles. The van der Waals surface area contributed by atoms with Gasteiger partial charge >= 0.3 is 5.97 Å². The second kappa shape index (κ2) is 3.89. The number of methoxy groups -OCH3 is 1. The first-order chi connectivity index (χ1) is 6.74. The number of hydrogen-bond donors (Lipinski definition) is 1. The molecule has 2 rings (SSSR count). The smallest absolute Gasteiger partial charge is 0.308 e. The molecule has 0 amide bonds. The summed E-state index contributed by atoms with van der Waals surface area (Å²) in [5, 5.41) is 3.51. The molecule has 4 atom stereocenters. The van der Waals surface area contributed by atoms with E-state index in [2.05, 4.69) is 12.2 Å². The van der Waals surface area contributed by atoms with E-state index in [1.165, 1.54) is 7.11 Å². The molecule has 0 aromatic heterocycles. The molecule has 0 spiro atoms. The van der Waals surface area contributed by atoms with Gasteiger partial charge in [0.25, 0.3) is 0 Å². The lowest BCUT2D eigenvalue weighted by Gasteiger charge is -2.36. The highest BCUT2D eigenvalue weighted by molar-refractivity contribution is 5.73. The average molecular weight is 197 g/mol. The molecule has 80 valence electrons. The number of carbonyl (C=O) groups is 1. The summed E-state index contributed by atoms with van der Waals surface area (Å²) >= 11 is 0. The van der Waals surface area contributed by atoms with E-state index in [9.17, 15) is 4.79 Å². The highest BCUT2D eigenvalue weighted by atomic mass is 16.5. The van der Waals surface area contributed by atoms with Gasteiger partial charge in [0.15, 0.2) is 0 Å². The fraction of sp³-hybridized carbons (Fsp3) is 0.909. The van der Waals surface area contributed by atoms with E-state index in [1.807, 2.05) is 0 Å². The Morgan fingerprint density at radius 3 is 2.86 bits per heavy atom. The summed E-state index contributed by atoms with van der Waals surface area (Å²) in [6.07, 6.45) is 3.29. The molecule has 2 fully saturated rings. The monoisotopic (exact) mass is 197 g/mol. The maximum absolute atomic E-state index is 11.6. The standard InChI is InChI=1S/C11H19NO2/c1-7-3-4-9(11(13)14-2)8-5-6-12-10(7)8/h7-10,12H,3-6H2,1-2H3. The van der Waals surface area contributed by atoms with Gasteiger partial charge in [-0.2, -0.15) is 0 Å². The molecule has 3 heteroatoms. The second-order valence-corrected chi connectivity index (χ2v) is 4.62. The number of hydrogen-bond acceptors (Lipinski definition) is 3. The number of fused-ring (bicyclic) bond motifs is 1. The lowest BCUT2D eigenvalue weighted by atomic mass is 9.71. The molecule has 2 aliphatic rings. The summed E-state index contributed by atoms with van der Waals surface area (Å²) in [5.41, 5.74) is 0. The average Bonchev–Trinajstić information content (AvgIpc) is 2.67. The third-order valence-corrected chi connectivity index (χ3v) is 3.89. The predicted octanol–water partition coefficient (Wildman–Crippen LogP) is 1.18. The summed E-state index contributed by atoms with van der Waals surface area (Å²) in [4.78, 5) is 11.6. The van der Waals surface area contributed by atoms with Crippen molar-refractivity contribution in [3.8, 4) is 0 Å². The summed E-state index contributed by atoms with van der Waals surface area (Å²) in [6, 6.07) is 0.549. The zero-order valence-corrected chi connectivity index (χ0v) is 8.95. The first kappa shape index (κ1) is 9.97. The van der Waals surface area contributed by atoms with E-state index < -0.39 is 0 Å². The summed E-state index contributed by atoms with van der Waals surface area (Å²) in [6.45, 7) is 3.34. The lowest BCUT2D eigenvalue weighted by molar-refractivity contribution is -0.149. The first-order valence-electron chi connectivity index (χ1n) is 5.55. The molecular formula is C11H19NO2. The van der Waals surface area contributed by atoms with Gasteiger partial charge in [-0.3, -0.25) is 4.79 Å². The van der Waals surface area contributed by atoms with Gasteiger partial charge in [-0.1, -0.05) is 6.92 Å². The highest BCUT2D eigenvalue weighted by Gasteiger charge is 2.43. The molecule has 14 heavy (non-hydrogen) atoms. The number of carbonyl (C=O) groups excluding carboxylic acids is 1. The van der Waals surface area contributed by atoms with Crippen LogP contribution < -0.4 is 5.32 Å². The van der Waals surface area contributed by atoms with E-state index in [4.69, 9.17) is 4.74 Å². The van der Waals surface area contributed by atoms with Crippen molar-refractivity contribution >= 4 is 5.97 Å². The van der Waals surface area contributed by atoms with Crippen molar-refractivity contribution in [1.29, 1.82) is 0 Å². The molecule has 1 saturated carbocycles. The van der Waals surface area contributed by atoms with Crippen molar-refractivity contribution < 1.29 is 9.53 Å². The molecule has 0 aromatic rings. The molecule has 1 aliphatic carbocycles. The third kappa shape index (κ3) is 1.54. The first-order valence-corrected chi connectivity index (χ1v) is 5.55. The Hall–Kier alpha value is -0.570. The number of esters is 1. The zero-order chi connectivity index (χ0) is 10.1. The van der Waals surface area contributed by atoms with Gasteiger partial charge in [0, 0.05) is 6.04 Å². The molecule has 3 nitrogen and oxygen atoms in total. The van der Waals surface area contributed by atoms with Gasteiger partial charge < -0.3 is 10.1 Å². The van der Waals surface area contributed by atoms with Crippen LogP contribution in [-0.2, 0) is 9.53 Å². The van der Waals surface area contributed by atoms with E-state index >= 15 is 0 Å². The normalized spacial score (nSPS) is 41.9. The lowest BCUT2D eigenvalue weighted by Crippen LogP contribution is -2.43. The van der Waals surface area contributed by atoms with Crippen molar-refractivity contribution in [3.05, 3.63) is 0 Å². The van der Waals surface area contributed by atoms with Crippen LogP contribution in [0.15, 0.2) is 0 Å². The van der Waals surface area contributed by atoms with Crippen LogP contribution in [0.5, 0.6) is 0 Å². The van der Waals surface area contributed by atoms with Crippen LogP contribution in [0, 0.1) is 17.8 Å². The van der Waals surface area contributed by atoms with Crippen LogP contribution in [-0.4, -0.2) is 25.7 Å². The fourth-order valence-electron chi connectivity index (χ4n) is 3.10. The third-order valence-electron chi connectivity index (χ3n) is 3.89. The summed E-state index contributed by atoms with van der Waals surface area (Å²) < 4.78 is 4.87. The van der Waals surface area contributed by atoms with Crippen molar-refractivity contribution in [2.75, 3.05) is 13.7 Å². The minimum atomic E-state index is -0.00407. The molecular weight excluding hydrogens is 178 g/mol. The number of ether oxygens (including phenoxy) is 1. The van der Waals surface area contributed by atoms with E-state index in [1.54, 1.807) is 0 Å². The maximum Gasteiger partial charge on any atom is 0.308 e. The molecule has 1 saturated heterocycles. The van der Waals surface area contributed by atoms with Crippen molar-refractivity contribution in [1.82, 2.24) is 5.32 Å². The topological polar surface area (TPSA) is 38.3 Å². The number of rotatable bonds is 1. The quantitative estimate of drug-likeness (QED) is 0.642. The van der Waals surface area contributed by atoms with Crippen molar-refractivity contribution in [2.45, 2.75) is 32.2 Å². The van der Waals surface area contributed by atoms with E-state index in [0.717, 1.165) is 25.8 Å². The van der Waals surface area contributed by atoms with Crippen LogP contribution in [0.1, 0.15) is 26.2 Å². The highest BCUT2D eigenvalue weighted by Crippen LogP contribution is 2.39. The largest absolute Gasteiger partial charge is 0.469 e. The van der Waals surface area contributed by atoms with Crippen molar-refractivity contribution in [2.24, 2.45) is 17.8 Å². The molecule has 0 aromatic carbocycles. The maximum atomic E-state index is 11.6. The van der Waals surface area contributed by atoms with Gasteiger partial charge in [0.1, 0.15) is 0 Å². The van der Waals surface area contributed by atoms with Gasteiger partial charge in [-0.15, -0.1) is 0 Å². The Bertz CT molecular complexity index is 229. The molecule has 4 unspecified atom stereocenters. The summed E-state index contributed by atoms with van der Waals surface area (Å²) in [5.74, 6) is 1.38. The SMILES string of the molecule is COC(=O)C1CCC(C)C2NCCC12. The number of nitrogens with one attached hydrogen (secondary N) is 1. The van der Waals surface area contributed by atoms with Crippen LogP contribution in [0.25, 0.3) is 0 Å². The minimum absolute atomic E-state index is 0.00407. The molecule has 1 N–H and O–H groups in total. The van der Waals surface area contributed by atoms with Gasteiger partial charge in [0.2, 0.25) is 0 Å². The van der Waals surface area contributed by atoms with Gasteiger partial charge in [0.05, 0.1) is 13.0 Å². The minimum Gasteiger partial charge on any atom is -0.469 e. The van der Waals surface area contributed by atoms with Crippen LogP contribution in [0.3, 0.4) is 0 Å². The molecule has 1 aliphatic heterocycles. The fourth-order valence-corrected chi connectivity index (χ4v) is 3.10. The second-order valence-electron chi connectivity index (χ2n) is 4.62. The Labute approximate surface area is 85.2 Å². The Morgan fingerprint density at radius 2 is 2.14 bits per heavy atom. The van der Waals surface area contributed by atoms with E-state index in [0.29, 0.717) is 17.9 Å². The molecule has 0 bridgehead atoms. The Kier molecular flexibility index (Phi) is 2.77. The van der Waals surface area contributed by atoms with E-state index in [-0.39, 0.29) is 11.9 Å². The zero-order valence-electron chi connectivity index (χ0n) is 8.95. The molecule has 0 radical (unpaired) electrons. The Morgan fingerprint density at radius 1 is 1.36 bits per heavy atom. The Balaban J connectivity index is 2.09. The van der Waals surface area contributed by atoms with Gasteiger partial charge in [-0.25, -0.2) is 0 Å². The van der Waals surface area contributed by atoms with Crippen LogP contribution >= 0.6 is 0 Å². The van der Waals surface area contributed by atoms with Crippen molar-refractivity contribution in [3.63, 3.8) is 0 Å². The van der Waals surface area contributed by atoms with Gasteiger partial charge in [-0.05, 0) is 37.6 Å². The van der Waals surface area contributed by atoms with Crippen LogP contribution in [0.2, 0.25) is 0 Å². The predicted molar refractivity (Wildman–Crippen MR) is 53.8 cm³/mol.